The first-order valence-electron chi connectivity index (χ1n) is 5.40. The molecular weight excluding hydrogens is 241 g/mol. The molecule has 5 nitrogen and oxygen atoms in total. The summed E-state index contributed by atoms with van der Waals surface area (Å²) in [6.07, 6.45) is -0.169. The molecule has 0 saturated heterocycles. The van der Waals surface area contributed by atoms with Crippen LogP contribution in [-0.2, 0) is 16.0 Å². The number of aliphatic hydroxyl groups is 1. The molecule has 0 radical (unpaired) electrons. The van der Waals surface area contributed by atoms with Gasteiger partial charge in [0.25, 0.3) is 0 Å². The fourth-order valence-electron chi connectivity index (χ4n) is 1.46. The molecule has 18 heavy (non-hydrogen) atoms. The first-order chi connectivity index (χ1) is 8.52. The summed E-state index contributed by atoms with van der Waals surface area (Å²) in [7, 11) is 0. The average Bonchev–Trinajstić information content (AvgIpc) is 2.28. The maximum atomic E-state index is 12.9. The number of hydrogen-bond donors (Lipinski definition) is 3. The Morgan fingerprint density at radius 3 is 2.67 bits per heavy atom. The van der Waals surface area contributed by atoms with Gasteiger partial charge in [0.1, 0.15) is 11.9 Å². The van der Waals surface area contributed by atoms with Crippen LogP contribution in [0.5, 0.6) is 0 Å². The third-order valence-corrected chi connectivity index (χ3v) is 2.30. The van der Waals surface area contributed by atoms with Crippen LogP contribution in [0.4, 0.5) is 4.39 Å². The van der Waals surface area contributed by atoms with Gasteiger partial charge in [0.05, 0.1) is 6.42 Å². The summed E-state index contributed by atoms with van der Waals surface area (Å²) in [5, 5.41) is 19.7. The highest BCUT2D eigenvalue weighted by Crippen LogP contribution is 2.04. The minimum Gasteiger partial charge on any atom is -0.480 e. The highest BCUT2D eigenvalue weighted by Gasteiger charge is 2.19. The molecule has 98 valence electrons. The van der Waals surface area contributed by atoms with E-state index in [2.05, 4.69) is 5.32 Å². The maximum absolute atomic E-state index is 12.9. The van der Waals surface area contributed by atoms with Crippen LogP contribution in [0.1, 0.15) is 12.0 Å². The molecule has 0 spiro atoms. The summed E-state index contributed by atoms with van der Waals surface area (Å²) < 4.78 is 12.9. The van der Waals surface area contributed by atoms with Crippen molar-refractivity contribution < 1.29 is 24.2 Å². The van der Waals surface area contributed by atoms with Gasteiger partial charge in [0.2, 0.25) is 5.91 Å². The Morgan fingerprint density at radius 1 is 1.39 bits per heavy atom. The molecule has 3 N–H and O–H groups in total. The first-order valence-corrected chi connectivity index (χ1v) is 5.40. The van der Waals surface area contributed by atoms with Crippen LogP contribution >= 0.6 is 0 Å². The predicted octanol–water partition coefficient (Wildman–Crippen LogP) is 0.320. The molecule has 1 amide bonds. The molecule has 0 unspecified atom stereocenters. The van der Waals surface area contributed by atoms with Crippen molar-refractivity contribution in [2.75, 3.05) is 6.61 Å². The van der Waals surface area contributed by atoms with Gasteiger partial charge >= 0.3 is 5.97 Å². The molecule has 0 aliphatic rings. The topological polar surface area (TPSA) is 86.6 Å². The second-order valence-electron chi connectivity index (χ2n) is 3.78. The monoisotopic (exact) mass is 255 g/mol. The van der Waals surface area contributed by atoms with Crippen molar-refractivity contribution in [3.05, 3.63) is 35.6 Å². The Morgan fingerprint density at radius 2 is 2.11 bits per heavy atom. The van der Waals surface area contributed by atoms with E-state index in [0.29, 0.717) is 5.56 Å². The minimum atomic E-state index is -1.21. The molecule has 1 aromatic rings. The standard InChI is InChI=1S/C12H14FNO4/c13-9-3-1-2-8(6-9)7-11(16)14-10(4-5-15)12(17)18/h1-3,6,10,15H,4-5,7H2,(H,14,16)(H,17,18)/t10-/m1/s1. The van der Waals surface area contributed by atoms with E-state index in [1.54, 1.807) is 6.07 Å². The summed E-state index contributed by atoms with van der Waals surface area (Å²) in [5.41, 5.74) is 0.459. The number of aliphatic hydroxyl groups excluding tert-OH is 1. The Hall–Kier alpha value is -1.95. The van der Waals surface area contributed by atoms with Gasteiger partial charge in [-0.2, -0.15) is 0 Å². The Labute approximate surface area is 103 Å². The van der Waals surface area contributed by atoms with Gasteiger partial charge in [-0.25, -0.2) is 9.18 Å². The van der Waals surface area contributed by atoms with E-state index in [0.717, 1.165) is 0 Å². The summed E-state index contributed by atoms with van der Waals surface area (Å²) in [4.78, 5) is 22.3. The number of benzene rings is 1. The van der Waals surface area contributed by atoms with Crippen LogP contribution in [0, 0.1) is 5.82 Å². The van der Waals surface area contributed by atoms with Gasteiger partial charge in [-0.05, 0) is 17.7 Å². The fraction of sp³-hybridized carbons (Fsp3) is 0.333. The zero-order valence-corrected chi connectivity index (χ0v) is 9.60. The van der Waals surface area contributed by atoms with E-state index in [4.69, 9.17) is 10.2 Å². The van der Waals surface area contributed by atoms with Gasteiger partial charge in [-0.1, -0.05) is 12.1 Å². The van der Waals surface area contributed by atoms with E-state index >= 15 is 0 Å². The van der Waals surface area contributed by atoms with Gasteiger partial charge < -0.3 is 15.5 Å². The minimum absolute atomic E-state index is 0.0653. The number of carbonyl (C=O) groups is 2. The zero-order chi connectivity index (χ0) is 13.5. The van der Waals surface area contributed by atoms with Gasteiger partial charge in [-0.15, -0.1) is 0 Å². The third-order valence-electron chi connectivity index (χ3n) is 2.30. The molecule has 1 atom stereocenters. The fourth-order valence-corrected chi connectivity index (χ4v) is 1.46. The smallest absolute Gasteiger partial charge is 0.326 e. The van der Waals surface area contributed by atoms with E-state index in [9.17, 15) is 14.0 Å². The number of hydrogen-bond acceptors (Lipinski definition) is 3. The summed E-state index contributed by atoms with van der Waals surface area (Å²) in [5.74, 6) is -2.19. The van der Waals surface area contributed by atoms with E-state index in [-0.39, 0.29) is 19.4 Å². The van der Waals surface area contributed by atoms with Crippen molar-refractivity contribution in [3.8, 4) is 0 Å². The van der Waals surface area contributed by atoms with Crippen molar-refractivity contribution in [2.24, 2.45) is 0 Å². The van der Waals surface area contributed by atoms with Gasteiger partial charge in [0, 0.05) is 13.0 Å². The third kappa shape index (κ3) is 4.50. The lowest BCUT2D eigenvalue weighted by Gasteiger charge is -2.13. The highest BCUT2D eigenvalue weighted by molar-refractivity contribution is 5.84. The lowest BCUT2D eigenvalue weighted by molar-refractivity contribution is -0.142. The number of halogens is 1. The van der Waals surface area contributed by atoms with Crippen molar-refractivity contribution in [1.29, 1.82) is 0 Å². The lowest BCUT2D eigenvalue weighted by Crippen LogP contribution is -2.42. The molecule has 1 rings (SSSR count). The summed E-state index contributed by atoms with van der Waals surface area (Å²) in [6, 6.07) is 4.38. The normalized spacial score (nSPS) is 11.9. The van der Waals surface area contributed by atoms with E-state index in [1.165, 1.54) is 18.2 Å². The van der Waals surface area contributed by atoms with Crippen LogP contribution in [-0.4, -0.2) is 34.7 Å². The van der Waals surface area contributed by atoms with E-state index in [1.807, 2.05) is 0 Å². The van der Waals surface area contributed by atoms with Crippen LogP contribution in [0.3, 0.4) is 0 Å². The number of aliphatic carboxylic acids is 1. The molecule has 1 aromatic carbocycles. The quantitative estimate of drug-likeness (QED) is 0.683. The van der Waals surface area contributed by atoms with Crippen LogP contribution in [0.25, 0.3) is 0 Å². The number of carboxylic acids is 1. The molecule has 0 heterocycles. The predicted molar refractivity (Wildman–Crippen MR) is 61.4 cm³/mol. The first kappa shape index (κ1) is 14.1. The van der Waals surface area contributed by atoms with Crippen LogP contribution in [0.15, 0.2) is 24.3 Å². The molecule has 6 heteroatoms. The van der Waals surface area contributed by atoms with Crippen LogP contribution < -0.4 is 5.32 Å². The zero-order valence-electron chi connectivity index (χ0n) is 9.60. The lowest BCUT2D eigenvalue weighted by atomic mass is 10.1. The largest absolute Gasteiger partial charge is 0.480 e. The molecule has 0 aromatic heterocycles. The summed E-state index contributed by atoms with van der Waals surface area (Å²) >= 11 is 0. The van der Waals surface area contributed by atoms with Gasteiger partial charge in [-0.3, -0.25) is 4.79 Å². The Kier molecular flexibility index (Phi) is 5.26. The Bertz CT molecular complexity index is 436. The Balaban J connectivity index is 2.57. The SMILES string of the molecule is O=C(Cc1cccc(F)c1)N[C@H](CCO)C(=O)O. The second-order valence-corrected chi connectivity index (χ2v) is 3.78. The molecule has 0 saturated carbocycles. The number of amides is 1. The number of rotatable bonds is 6. The number of carboxylic acid groups (broad SMARTS) is 1. The van der Waals surface area contributed by atoms with Crippen molar-refractivity contribution >= 4 is 11.9 Å². The molecular formula is C12H14FNO4. The van der Waals surface area contributed by atoms with Gasteiger partial charge in [0.15, 0.2) is 0 Å². The second kappa shape index (κ2) is 6.70. The van der Waals surface area contributed by atoms with Crippen LogP contribution in [0.2, 0.25) is 0 Å². The molecule has 0 aliphatic heterocycles. The number of nitrogens with one attached hydrogen (secondary N) is 1. The average molecular weight is 255 g/mol. The van der Waals surface area contributed by atoms with Crippen molar-refractivity contribution in [3.63, 3.8) is 0 Å². The summed E-state index contributed by atoms with van der Waals surface area (Å²) in [6.45, 7) is -0.336. The van der Waals surface area contributed by atoms with E-state index < -0.39 is 23.7 Å². The molecule has 0 fully saturated rings. The molecule has 0 aliphatic carbocycles. The van der Waals surface area contributed by atoms with Crippen molar-refractivity contribution in [2.45, 2.75) is 18.9 Å². The highest BCUT2D eigenvalue weighted by atomic mass is 19.1. The molecule has 0 bridgehead atoms. The number of carbonyl (C=O) groups excluding carboxylic acids is 1. The van der Waals surface area contributed by atoms with Crippen molar-refractivity contribution in [1.82, 2.24) is 5.32 Å². The maximum Gasteiger partial charge on any atom is 0.326 e.